The van der Waals surface area contributed by atoms with Crippen molar-refractivity contribution in [3.63, 3.8) is 0 Å². The van der Waals surface area contributed by atoms with Gasteiger partial charge in [-0.2, -0.15) is 0 Å². The van der Waals surface area contributed by atoms with Crippen LogP contribution in [0.1, 0.15) is 31.2 Å². The van der Waals surface area contributed by atoms with Gasteiger partial charge in [-0.15, -0.1) is 0 Å². The number of benzene rings is 2. The van der Waals surface area contributed by atoms with E-state index >= 15 is 0 Å². The van der Waals surface area contributed by atoms with E-state index in [1.54, 1.807) is 4.90 Å². The number of carbonyl (C=O) groups is 2. The van der Waals surface area contributed by atoms with E-state index in [2.05, 4.69) is 24.4 Å². The normalized spacial score (nSPS) is 14.3. The number of ether oxygens (including phenoxy) is 1. The quantitative estimate of drug-likeness (QED) is 0.833. The van der Waals surface area contributed by atoms with E-state index in [4.69, 9.17) is 4.74 Å². The molecule has 5 nitrogen and oxygen atoms in total. The Morgan fingerprint density at radius 2 is 1.88 bits per heavy atom. The standard InChI is InChI=1S/C21H24N2O3/c1-2-16(17-8-4-3-5-9-17)14-22-20(24)12-13-23-18-10-6-7-11-19(18)26-15-21(23)25/h3-11,16H,2,12-15H2,1H3,(H,22,24)/t16-/m1/s1. The monoisotopic (exact) mass is 352 g/mol. The highest BCUT2D eigenvalue weighted by molar-refractivity contribution is 5.98. The molecule has 1 atom stereocenters. The van der Waals surface area contributed by atoms with E-state index in [9.17, 15) is 9.59 Å². The minimum atomic E-state index is -0.118. The van der Waals surface area contributed by atoms with Crippen LogP contribution in [0, 0.1) is 0 Å². The van der Waals surface area contributed by atoms with Crippen LogP contribution in [0.2, 0.25) is 0 Å². The molecule has 0 unspecified atom stereocenters. The van der Waals surface area contributed by atoms with E-state index in [1.165, 1.54) is 5.56 Å². The highest BCUT2D eigenvalue weighted by atomic mass is 16.5. The molecule has 2 amide bonds. The Labute approximate surface area is 154 Å². The fourth-order valence-corrected chi connectivity index (χ4v) is 3.16. The second kappa shape index (κ2) is 8.52. The van der Waals surface area contributed by atoms with Crippen molar-refractivity contribution in [3.05, 3.63) is 60.2 Å². The lowest BCUT2D eigenvalue weighted by molar-refractivity contribution is -0.122. The smallest absolute Gasteiger partial charge is 0.265 e. The van der Waals surface area contributed by atoms with E-state index < -0.39 is 0 Å². The van der Waals surface area contributed by atoms with Crippen molar-refractivity contribution in [2.24, 2.45) is 0 Å². The molecule has 0 fully saturated rings. The number of hydrogen-bond acceptors (Lipinski definition) is 3. The fraction of sp³-hybridized carbons (Fsp3) is 0.333. The molecular formula is C21H24N2O3. The van der Waals surface area contributed by atoms with E-state index in [-0.39, 0.29) is 24.8 Å². The van der Waals surface area contributed by atoms with Crippen LogP contribution in [0.3, 0.4) is 0 Å². The molecule has 2 aromatic carbocycles. The summed E-state index contributed by atoms with van der Waals surface area (Å²) in [6.07, 6.45) is 1.23. The van der Waals surface area contributed by atoms with Crippen LogP contribution >= 0.6 is 0 Å². The molecule has 3 rings (SSSR count). The average Bonchev–Trinajstić information content (AvgIpc) is 2.68. The van der Waals surface area contributed by atoms with Gasteiger partial charge in [0.05, 0.1) is 5.69 Å². The van der Waals surface area contributed by atoms with Gasteiger partial charge in [0, 0.05) is 25.4 Å². The maximum Gasteiger partial charge on any atom is 0.265 e. The van der Waals surface area contributed by atoms with E-state index in [0.717, 1.165) is 12.1 Å². The van der Waals surface area contributed by atoms with Gasteiger partial charge in [0.2, 0.25) is 5.91 Å². The number of hydrogen-bond donors (Lipinski definition) is 1. The van der Waals surface area contributed by atoms with Gasteiger partial charge >= 0.3 is 0 Å². The molecule has 0 spiro atoms. The Hall–Kier alpha value is -2.82. The summed E-state index contributed by atoms with van der Waals surface area (Å²) in [4.78, 5) is 26.0. The van der Waals surface area contributed by atoms with Crippen LogP contribution in [0.15, 0.2) is 54.6 Å². The molecule has 136 valence electrons. The molecule has 0 saturated heterocycles. The Balaban J connectivity index is 1.54. The van der Waals surface area contributed by atoms with Crippen molar-refractivity contribution in [3.8, 4) is 5.75 Å². The van der Waals surface area contributed by atoms with Crippen LogP contribution in [0.25, 0.3) is 0 Å². The lowest BCUT2D eigenvalue weighted by Crippen LogP contribution is -2.41. The summed E-state index contributed by atoms with van der Waals surface area (Å²) in [6.45, 7) is 3.10. The number of para-hydroxylation sites is 2. The Bertz CT molecular complexity index is 761. The Morgan fingerprint density at radius 1 is 1.15 bits per heavy atom. The van der Waals surface area contributed by atoms with Crippen molar-refractivity contribution < 1.29 is 14.3 Å². The van der Waals surface area contributed by atoms with Gasteiger partial charge in [0.25, 0.3) is 5.91 Å². The van der Waals surface area contributed by atoms with Crippen LogP contribution in [-0.2, 0) is 9.59 Å². The average molecular weight is 352 g/mol. The van der Waals surface area contributed by atoms with Crippen molar-refractivity contribution in [2.75, 3.05) is 24.6 Å². The molecule has 1 aliphatic rings. The van der Waals surface area contributed by atoms with Gasteiger partial charge in [-0.3, -0.25) is 9.59 Å². The van der Waals surface area contributed by atoms with Gasteiger partial charge in [-0.1, -0.05) is 49.4 Å². The third-order valence-corrected chi connectivity index (χ3v) is 4.68. The van der Waals surface area contributed by atoms with Crippen LogP contribution in [0.4, 0.5) is 5.69 Å². The zero-order valence-corrected chi connectivity index (χ0v) is 15.0. The summed E-state index contributed by atoms with van der Waals surface area (Å²) >= 11 is 0. The summed E-state index contributed by atoms with van der Waals surface area (Å²) in [6, 6.07) is 17.6. The molecule has 26 heavy (non-hydrogen) atoms. The molecule has 0 aliphatic carbocycles. The Morgan fingerprint density at radius 3 is 2.65 bits per heavy atom. The maximum atomic E-state index is 12.3. The SMILES string of the molecule is CC[C@H](CNC(=O)CCN1C(=O)COc2ccccc21)c1ccccc1. The lowest BCUT2D eigenvalue weighted by Gasteiger charge is -2.29. The zero-order valence-electron chi connectivity index (χ0n) is 15.0. The van der Waals surface area contributed by atoms with Crippen LogP contribution < -0.4 is 15.0 Å². The van der Waals surface area contributed by atoms with Crippen LogP contribution in [0.5, 0.6) is 5.75 Å². The molecular weight excluding hydrogens is 328 g/mol. The number of nitrogens with zero attached hydrogens (tertiary/aromatic N) is 1. The van der Waals surface area contributed by atoms with Gasteiger partial charge in [0.15, 0.2) is 6.61 Å². The minimum Gasteiger partial charge on any atom is -0.482 e. The molecule has 1 N–H and O–H groups in total. The van der Waals surface area contributed by atoms with Crippen molar-refractivity contribution in [1.29, 1.82) is 0 Å². The Kier molecular flexibility index (Phi) is 5.89. The second-order valence-electron chi connectivity index (χ2n) is 6.37. The number of anilines is 1. The van der Waals surface area contributed by atoms with Crippen molar-refractivity contribution in [2.45, 2.75) is 25.7 Å². The fourth-order valence-electron chi connectivity index (χ4n) is 3.16. The van der Waals surface area contributed by atoms with Gasteiger partial charge in [-0.05, 0) is 24.1 Å². The first-order valence-electron chi connectivity index (χ1n) is 9.03. The van der Waals surface area contributed by atoms with Crippen molar-refractivity contribution in [1.82, 2.24) is 5.32 Å². The lowest BCUT2D eigenvalue weighted by atomic mass is 9.96. The first-order chi connectivity index (χ1) is 12.7. The molecule has 2 aromatic rings. The van der Waals surface area contributed by atoms with Gasteiger partial charge in [0.1, 0.15) is 5.75 Å². The molecule has 1 aliphatic heterocycles. The number of rotatable bonds is 7. The third-order valence-electron chi connectivity index (χ3n) is 4.68. The summed E-state index contributed by atoms with van der Waals surface area (Å²) in [7, 11) is 0. The summed E-state index contributed by atoms with van der Waals surface area (Å²) < 4.78 is 5.42. The molecule has 0 radical (unpaired) electrons. The number of carbonyl (C=O) groups excluding carboxylic acids is 2. The van der Waals surface area contributed by atoms with E-state index in [0.29, 0.717) is 24.8 Å². The summed E-state index contributed by atoms with van der Waals surface area (Å²) in [5, 5.41) is 3.00. The van der Waals surface area contributed by atoms with Crippen molar-refractivity contribution >= 4 is 17.5 Å². The molecule has 5 heteroatoms. The first kappa shape index (κ1) is 18.0. The molecule has 0 aromatic heterocycles. The van der Waals surface area contributed by atoms with Gasteiger partial charge < -0.3 is 15.0 Å². The highest BCUT2D eigenvalue weighted by Gasteiger charge is 2.25. The highest BCUT2D eigenvalue weighted by Crippen LogP contribution is 2.31. The maximum absolute atomic E-state index is 12.3. The zero-order chi connectivity index (χ0) is 18.4. The molecule has 1 heterocycles. The predicted molar refractivity (Wildman–Crippen MR) is 101 cm³/mol. The molecule has 0 bridgehead atoms. The third kappa shape index (κ3) is 4.23. The number of amides is 2. The largest absolute Gasteiger partial charge is 0.482 e. The summed E-state index contributed by atoms with van der Waals surface area (Å²) in [5.74, 6) is 0.817. The van der Waals surface area contributed by atoms with Gasteiger partial charge in [-0.25, -0.2) is 0 Å². The molecule has 0 saturated carbocycles. The predicted octanol–water partition coefficient (Wildman–Crippen LogP) is 3.11. The van der Waals surface area contributed by atoms with E-state index in [1.807, 2.05) is 42.5 Å². The minimum absolute atomic E-state index is 0.0184. The van der Waals surface area contributed by atoms with Crippen LogP contribution in [-0.4, -0.2) is 31.5 Å². The summed E-state index contributed by atoms with van der Waals surface area (Å²) in [5.41, 5.74) is 1.96. The second-order valence-corrected chi connectivity index (χ2v) is 6.37. The topological polar surface area (TPSA) is 58.6 Å². The number of fused-ring (bicyclic) bond motifs is 1. The first-order valence-corrected chi connectivity index (χ1v) is 9.03. The number of nitrogens with one attached hydrogen (secondary N) is 1.